The lowest BCUT2D eigenvalue weighted by Gasteiger charge is -2.24. The van der Waals surface area contributed by atoms with Crippen molar-refractivity contribution in [2.24, 2.45) is 5.92 Å². The fourth-order valence-electron chi connectivity index (χ4n) is 1.78. The minimum Gasteiger partial charge on any atom is -0.0654 e. The summed E-state index contributed by atoms with van der Waals surface area (Å²) in [5.74, 6) is 1.01. The molecule has 0 aromatic heterocycles. The number of hydrogen-bond acceptors (Lipinski definition) is 0. The molecule has 0 heterocycles. The van der Waals surface area contributed by atoms with Crippen LogP contribution in [0.4, 0.5) is 0 Å². The first-order valence-electron chi connectivity index (χ1n) is 5.77. The highest BCUT2D eigenvalue weighted by atomic mass is 14.2. The van der Waals surface area contributed by atoms with Gasteiger partial charge in [0, 0.05) is 0 Å². The van der Waals surface area contributed by atoms with Crippen molar-refractivity contribution >= 4 is 0 Å². The van der Waals surface area contributed by atoms with Gasteiger partial charge in [-0.2, -0.15) is 0 Å². The molecule has 12 heavy (non-hydrogen) atoms. The molecule has 0 aromatic rings. The van der Waals surface area contributed by atoms with E-state index in [1.807, 2.05) is 0 Å². The summed E-state index contributed by atoms with van der Waals surface area (Å²) in [4.78, 5) is 0. The molecule has 0 aromatic carbocycles. The van der Waals surface area contributed by atoms with Crippen LogP contribution in [0.15, 0.2) is 0 Å². The molecular formula is C12H23. The van der Waals surface area contributed by atoms with Gasteiger partial charge >= 0.3 is 0 Å². The van der Waals surface area contributed by atoms with Gasteiger partial charge in [0.1, 0.15) is 0 Å². The Morgan fingerprint density at radius 1 is 1.08 bits per heavy atom. The van der Waals surface area contributed by atoms with Crippen molar-refractivity contribution in [1.82, 2.24) is 0 Å². The summed E-state index contributed by atoms with van der Waals surface area (Å²) in [6.45, 7) is 2.28. The van der Waals surface area contributed by atoms with Gasteiger partial charge in [-0.25, -0.2) is 0 Å². The Bertz CT molecular complexity index is 92.2. The molecule has 0 N–H and O–H groups in total. The maximum Gasteiger partial charge on any atom is -0.0355 e. The molecule has 1 aliphatic rings. The summed E-state index contributed by atoms with van der Waals surface area (Å²) in [7, 11) is 0. The Morgan fingerprint density at radius 2 is 1.83 bits per heavy atom. The molecule has 1 fully saturated rings. The zero-order chi connectivity index (χ0) is 8.65. The second-order valence-corrected chi connectivity index (χ2v) is 4.13. The maximum atomic E-state index is 2.56. The van der Waals surface area contributed by atoms with E-state index in [-0.39, 0.29) is 0 Å². The lowest BCUT2D eigenvalue weighted by Crippen LogP contribution is -2.10. The minimum atomic E-state index is 1.01. The first kappa shape index (κ1) is 10.1. The molecule has 0 heteroatoms. The van der Waals surface area contributed by atoms with E-state index in [1.165, 1.54) is 57.8 Å². The van der Waals surface area contributed by atoms with Crippen molar-refractivity contribution in [3.8, 4) is 0 Å². The van der Waals surface area contributed by atoms with Crippen LogP contribution in [-0.4, -0.2) is 0 Å². The zero-order valence-electron chi connectivity index (χ0n) is 8.52. The highest BCUT2D eigenvalue weighted by Crippen LogP contribution is 2.30. The van der Waals surface area contributed by atoms with Crippen molar-refractivity contribution in [3.63, 3.8) is 0 Å². The smallest absolute Gasteiger partial charge is 0.0355 e. The van der Waals surface area contributed by atoms with Crippen LogP contribution in [0.5, 0.6) is 0 Å². The van der Waals surface area contributed by atoms with Gasteiger partial charge in [-0.1, -0.05) is 58.3 Å². The number of hydrogen-bond donors (Lipinski definition) is 0. The summed E-state index contributed by atoms with van der Waals surface area (Å²) in [6, 6.07) is 0. The summed E-state index contributed by atoms with van der Waals surface area (Å²) in [5.41, 5.74) is 0. The van der Waals surface area contributed by atoms with Gasteiger partial charge in [0.15, 0.2) is 0 Å². The molecule has 1 saturated carbocycles. The molecule has 0 spiro atoms. The first-order valence-corrected chi connectivity index (χ1v) is 5.77. The molecule has 1 radical (unpaired) electrons. The van der Waals surface area contributed by atoms with Gasteiger partial charge in [0.05, 0.1) is 0 Å². The van der Waals surface area contributed by atoms with Crippen molar-refractivity contribution < 1.29 is 0 Å². The average molecular weight is 167 g/mol. The van der Waals surface area contributed by atoms with Crippen LogP contribution in [0, 0.1) is 12.3 Å². The molecule has 71 valence electrons. The molecule has 0 saturated heterocycles. The van der Waals surface area contributed by atoms with Crippen molar-refractivity contribution in [1.29, 1.82) is 0 Å². The molecule has 0 nitrogen and oxygen atoms in total. The normalized spacial score (nSPS) is 17.8. The quantitative estimate of drug-likeness (QED) is 0.494. The maximum absolute atomic E-state index is 2.56. The number of unbranched alkanes of at least 4 members (excludes halogenated alkanes) is 5. The molecular weight excluding hydrogens is 144 g/mol. The highest BCUT2D eigenvalue weighted by Gasteiger charge is 2.16. The van der Waals surface area contributed by atoms with Crippen LogP contribution in [0.3, 0.4) is 0 Å². The molecule has 1 aliphatic carbocycles. The Labute approximate surface area is 77.7 Å². The Balaban J connectivity index is 1.70. The first-order chi connectivity index (χ1) is 5.93. The van der Waals surface area contributed by atoms with Crippen LogP contribution in [-0.2, 0) is 0 Å². The lowest BCUT2D eigenvalue weighted by atomic mass is 9.81. The van der Waals surface area contributed by atoms with Crippen LogP contribution in [0.1, 0.15) is 64.7 Å². The molecule has 1 rings (SSSR count). The standard InChI is InChI=1S/C12H23/c1-2-3-4-5-6-7-9-12-10-8-11-12/h9,12H,2-8,10-11H2,1H3. The van der Waals surface area contributed by atoms with Crippen molar-refractivity contribution in [2.75, 3.05) is 0 Å². The topological polar surface area (TPSA) is 0 Å². The van der Waals surface area contributed by atoms with E-state index in [4.69, 9.17) is 0 Å². The van der Waals surface area contributed by atoms with E-state index in [1.54, 1.807) is 0 Å². The molecule has 0 unspecified atom stereocenters. The fraction of sp³-hybridized carbons (Fsp3) is 0.917. The van der Waals surface area contributed by atoms with E-state index in [0.29, 0.717) is 0 Å². The van der Waals surface area contributed by atoms with Gasteiger partial charge in [-0.3, -0.25) is 0 Å². The summed E-state index contributed by atoms with van der Waals surface area (Å²) >= 11 is 0. The number of rotatable bonds is 7. The van der Waals surface area contributed by atoms with E-state index in [9.17, 15) is 0 Å². The van der Waals surface area contributed by atoms with Gasteiger partial charge in [0.2, 0.25) is 0 Å². The van der Waals surface area contributed by atoms with Gasteiger partial charge in [-0.05, 0) is 18.8 Å². The van der Waals surface area contributed by atoms with Gasteiger partial charge in [-0.15, -0.1) is 0 Å². The van der Waals surface area contributed by atoms with Crippen molar-refractivity contribution in [2.45, 2.75) is 64.7 Å². The van der Waals surface area contributed by atoms with Crippen LogP contribution >= 0.6 is 0 Å². The summed E-state index contributed by atoms with van der Waals surface area (Å²) in [5, 5.41) is 0. The third-order valence-corrected chi connectivity index (χ3v) is 2.96. The second kappa shape index (κ2) is 6.51. The monoisotopic (exact) mass is 167 g/mol. The van der Waals surface area contributed by atoms with E-state index in [2.05, 4.69) is 13.3 Å². The lowest BCUT2D eigenvalue weighted by molar-refractivity contribution is 0.351. The summed E-state index contributed by atoms with van der Waals surface area (Å²) in [6.07, 6.45) is 15.5. The van der Waals surface area contributed by atoms with Crippen LogP contribution in [0.25, 0.3) is 0 Å². The SMILES string of the molecule is CCCCCCC[CH]C1CCC1. The van der Waals surface area contributed by atoms with Crippen LogP contribution < -0.4 is 0 Å². The van der Waals surface area contributed by atoms with Crippen LogP contribution in [0.2, 0.25) is 0 Å². The Hall–Kier alpha value is 0. The Kier molecular flexibility index (Phi) is 5.47. The molecule has 0 atom stereocenters. The fourth-order valence-corrected chi connectivity index (χ4v) is 1.78. The van der Waals surface area contributed by atoms with E-state index < -0.39 is 0 Å². The largest absolute Gasteiger partial charge is 0.0654 e. The Morgan fingerprint density at radius 3 is 2.42 bits per heavy atom. The molecule has 0 aliphatic heterocycles. The van der Waals surface area contributed by atoms with Crippen molar-refractivity contribution in [3.05, 3.63) is 6.42 Å². The van der Waals surface area contributed by atoms with E-state index >= 15 is 0 Å². The molecule has 0 bridgehead atoms. The summed E-state index contributed by atoms with van der Waals surface area (Å²) < 4.78 is 0. The van der Waals surface area contributed by atoms with Gasteiger partial charge in [0.25, 0.3) is 0 Å². The second-order valence-electron chi connectivity index (χ2n) is 4.13. The minimum absolute atomic E-state index is 1.01. The molecule has 0 amide bonds. The van der Waals surface area contributed by atoms with E-state index in [0.717, 1.165) is 5.92 Å². The predicted octanol–water partition coefficient (Wildman–Crippen LogP) is 4.35. The highest BCUT2D eigenvalue weighted by molar-refractivity contribution is 4.82. The van der Waals surface area contributed by atoms with Gasteiger partial charge < -0.3 is 0 Å². The predicted molar refractivity (Wildman–Crippen MR) is 55.0 cm³/mol. The zero-order valence-corrected chi connectivity index (χ0v) is 8.52. The average Bonchev–Trinajstić information content (AvgIpc) is 2.00. The third kappa shape index (κ3) is 4.13. The third-order valence-electron chi connectivity index (χ3n) is 2.96.